The smallest absolute Gasteiger partial charge is 0.273 e. The Hall–Kier alpha value is -0.340. The highest BCUT2D eigenvalue weighted by Crippen LogP contribution is 2.30. The number of benzene rings is 1. The summed E-state index contributed by atoms with van der Waals surface area (Å²) in [5, 5.41) is 0.500. The van der Waals surface area contributed by atoms with Crippen molar-refractivity contribution in [3.63, 3.8) is 0 Å². The van der Waals surface area contributed by atoms with Crippen molar-refractivity contribution < 1.29 is 8.42 Å². The van der Waals surface area contributed by atoms with Crippen molar-refractivity contribution in [2.75, 3.05) is 4.72 Å². The summed E-state index contributed by atoms with van der Waals surface area (Å²) in [5.74, 6) is 0. The number of aromatic nitrogens is 1. The topological polar surface area (TPSA) is 59.1 Å². The molecule has 0 atom stereocenters. The molecule has 9 heteroatoms. The van der Waals surface area contributed by atoms with Gasteiger partial charge in [-0.2, -0.15) is 0 Å². The van der Waals surface area contributed by atoms with E-state index in [-0.39, 0.29) is 8.68 Å². The van der Waals surface area contributed by atoms with Crippen LogP contribution in [0.2, 0.25) is 9.49 Å². The molecule has 4 nitrogen and oxygen atoms in total. The van der Waals surface area contributed by atoms with E-state index in [9.17, 15) is 8.42 Å². The van der Waals surface area contributed by atoms with Crippen molar-refractivity contribution in [1.29, 1.82) is 0 Å². The normalized spacial score (nSPS) is 11.6. The molecule has 1 aromatic carbocycles. The third kappa shape index (κ3) is 3.41. The molecule has 0 bridgehead atoms. The number of hydrogen-bond donors (Lipinski definition) is 1. The quantitative estimate of drug-likeness (QED) is 0.832. The van der Waals surface area contributed by atoms with Crippen LogP contribution >= 0.6 is 50.5 Å². The monoisotopic (exact) mass is 400 g/mol. The fraction of sp³-hybridized carbons (Fsp3) is 0.100. The van der Waals surface area contributed by atoms with Crippen molar-refractivity contribution in [3.8, 4) is 0 Å². The number of halogens is 3. The lowest BCUT2D eigenvalue weighted by Gasteiger charge is -2.07. The highest BCUT2D eigenvalue weighted by atomic mass is 79.9. The lowest BCUT2D eigenvalue weighted by Crippen LogP contribution is -2.12. The number of rotatable bonds is 3. The Morgan fingerprint density at radius 3 is 2.58 bits per heavy atom. The first kappa shape index (κ1) is 15.1. The summed E-state index contributed by atoms with van der Waals surface area (Å²) < 4.78 is 27.7. The molecule has 0 fully saturated rings. The van der Waals surface area contributed by atoms with Gasteiger partial charge >= 0.3 is 0 Å². The minimum Gasteiger partial charge on any atom is -0.279 e. The van der Waals surface area contributed by atoms with Crippen molar-refractivity contribution in [2.24, 2.45) is 0 Å². The van der Waals surface area contributed by atoms with Crippen LogP contribution in [0, 0.1) is 6.92 Å². The Balaban J connectivity index is 2.36. The SMILES string of the molecule is Cc1nc(Cl)sc1S(=O)(=O)Nc1ccc(Cl)c(Br)c1. The molecule has 0 saturated carbocycles. The van der Waals surface area contributed by atoms with Crippen molar-refractivity contribution in [1.82, 2.24) is 4.98 Å². The number of hydrogen-bond acceptors (Lipinski definition) is 4. The van der Waals surface area contributed by atoms with E-state index in [0.717, 1.165) is 11.3 Å². The molecule has 2 aromatic rings. The zero-order valence-corrected chi connectivity index (χ0v) is 14.2. The number of nitrogens with zero attached hydrogens (tertiary/aromatic N) is 1. The zero-order valence-electron chi connectivity index (χ0n) is 9.45. The molecule has 0 saturated heterocycles. The summed E-state index contributed by atoms with van der Waals surface area (Å²) in [6.45, 7) is 1.59. The van der Waals surface area contributed by atoms with Crippen molar-refractivity contribution in [3.05, 3.63) is 37.9 Å². The third-order valence-electron chi connectivity index (χ3n) is 2.14. The molecular weight excluding hydrogens is 395 g/mol. The first-order chi connectivity index (χ1) is 8.79. The minimum atomic E-state index is -3.70. The highest BCUT2D eigenvalue weighted by molar-refractivity contribution is 9.10. The van der Waals surface area contributed by atoms with Crippen LogP contribution in [0.4, 0.5) is 5.69 Å². The van der Waals surface area contributed by atoms with Gasteiger partial charge in [0.2, 0.25) is 0 Å². The summed E-state index contributed by atoms with van der Waals surface area (Å²) in [7, 11) is -3.70. The number of nitrogens with one attached hydrogen (secondary N) is 1. The van der Waals surface area contributed by atoms with Gasteiger partial charge in [0.15, 0.2) is 8.68 Å². The molecule has 1 N–H and O–H groups in total. The Bertz CT molecular complexity index is 731. The number of anilines is 1. The van der Waals surface area contributed by atoms with Gasteiger partial charge in [0.25, 0.3) is 10.0 Å². The molecule has 1 aromatic heterocycles. The second kappa shape index (κ2) is 5.57. The molecule has 102 valence electrons. The van der Waals surface area contributed by atoms with Crippen LogP contribution in [-0.2, 0) is 10.0 Å². The van der Waals surface area contributed by atoms with Crippen molar-refractivity contribution >= 4 is 66.2 Å². The van der Waals surface area contributed by atoms with Gasteiger partial charge in [0.05, 0.1) is 16.4 Å². The van der Waals surface area contributed by atoms with E-state index in [1.807, 2.05) is 0 Å². The summed E-state index contributed by atoms with van der Waals surface area (Å²) in [6, 6.07) is 4.75. The van der Waals surface area contributed by atoms with Crippen LogP contribution in [-0.4, -0.2) is 13.4 Å². The third-order valence-corrected chi connectivity index (χ3v) is 6.61. The van der Waals surface area contributed by atoms with Crippen LogP contribution < -0.4 is 4.72 Å². The average molecular weight is 402 g/mol. The second-order valence-corrected chi connectivity index (χ2v) is 8.29. The summed E-state index contributed by atoms with van der Waals surface area (Å²) in [6.07, 6.45) is 0. The van der Waals surface area contributed by atoms with E-state index in [1.54, 1.807) is 25.1 Å². The van der Waals surface area contributed by atoms with Gasteiger partial charge in [-0.1, -0.05) is 34.5 Å². The second-order valence-electron chi connectivity index (χ2n) is 3.57. The maximum atomic E-state index is 12.2. The van der Waals surface area contributed by atoms with Crippen LogP contribution in [0.25, 0.3) is 0 Å². The van der Waals surface area contributed by atoms with Gasteiger partial charge in [-0.05, 0) is 41.1 Å². The summed E-state index contributed by atoms with van der Waals surface area (Å²) in [5.41, 5.74) is 0.774. The number of thiazole rings is 1. The van der Waals surface area contributed by atoms with Crippen LogP contribution in [0.5, 0.6) is 0 Å². The molecule has 0 spiro atoms. The van der Waals surface area contributed by atoms with Gasteiger partial charge in [0.1, 0.15) is 0 Å². The summed E-state index contributed by atoms with van der Waals surface area (Å²) in [4.78, 5) is 3.89. The predicted molar refractivity (Wildman–Crippen MR) is 81.8 cm³/mol. The van der Waals surface area contributed by atoms with Gasteiger partial charge in [0, 0.05) is 4.47 Å². The van der Waals surface area contributed by atoms with E-state index in [2.05, 4.69) is 25.6 Å². The largest absolute Gasteiger partial charge is 0.279 e. The van der Waals surface area contributed by atoms with E-state index < -0.39 is 10.0 Å². The fourth-order valence-corrected chi connectivity index (χ4v) is 4.65. The number of sulfonamides is 1. The molecule has 0 aliphatic rings. The maximum absolute atomic E-state index is 12.2. The standard InChI is InChI=1S/C10H7BrCl2N2O2S2/c1-5-9(18-10(13)14-5)19(16,17)15-6-2-3-8(12)7(11)4-6/h2-4,15H,1H3. The van der Waals surface area contributed by atoms with E-state index in [0.29, 0.717) is 20.9 Å². The molecule has 0 aliphatic carbocycles. The van der Waals surface area contributed by atoms with E-state index in [1.165, 1.54) is 0 Å². The zero-order chi connectivity index (χ0) is 14.2. The Morgan fingerprint density at radius 1 is 1.37 bits per heavy atom. The van der Waals surface area contributed by atoms with Gasteiger partial charge < -0.3 is 0 Å². The van der Waals surface area contributed by atoms with Crippen LogP contribution in [0.15, 0.2) is 26.9 Å². The van der Waals surface area contributed by atoms with Gasteiger partial charge in [-0.3, -0.25) is 4.72 Å². The van der Waals surface area contributed by atoms with E-state index in [4.69, 9.17) is 23.2 Å². The Kier molecular flexibility index (Phi) is 4.42. The average Bonchev–Trinajstić information content (AvgIpc) is 2.63. The fourth-order valence-electron chi connectivity index (χ4n) is 1.36. The maximum Gasteiger partial charge on any atom is 0.273 e. The molecule has 1 heterocycles. The van der Waals surface area contributed by atoms with Crippen LogP contribution in [0.3, 0.4) is 0 Å². The molecule has 0 aliphatic heterocycles. The predicted octanol–water partition coefficient (Wildman–Crippen LogP) is 4.32. The molecule has 2 rings (SSSR count). The molecule has 19 heavy (non-hydrogen) atoms. The minimum absolute atomic E-state index is 0.101. The van der Waals surface area contributed by atoms with Gasteiger partial charge in [-0.15, -0.1) is 0 Å². The lowest BCUT2D eigenvalue weighted by molar-refractivity contribution is 0.602. The first-order valence-electron chi connectivity index (χ1n) is 4.90. The molecule has 0 amide bonds. The van der Waals surface area contributed by atoms with Crippen LogP contribution in [0.1, 0.15) is 5.69 Å². The molecular formula is C10H7BrCl2N2O2S2. The molecule has 0 unspecified atom stereocenters. The Morgan fingerprint density at radius 2 is 2.05 bits per heavy atom. The number of aryl methyl sites for hydroxylation is 1. The van der Waals surface area contributed by atoms with E-state index >= 15 is 0 Å². The Labute approximate surface area is 132 Å². The lowest BCUT2D eigenvalue weighted by atomic mass is 10.3. The molecule has 0 radical (unpaired) electrons. The first-order valence-corrected chi connectivity index (χ1v) is 8.75. The summed E-state index contributed by atoms with van der Waals surface area (Å²) >= 11 is 15.7. The highest BCUT2D eigenvalue weighted by Gasteiger charge is 2.21. The van der Waals surface area contributed by atoms with Crippen molar-refractivity contribution in [2.45, 2.75) is 11.1 Å². The van der Waals surface area contributed by atoms with Gasteiger partial charge in [-0.25, -0.2) is 13.4 Å².